The van der Waals surface area contributed by atoms with E-state index in [1.54, 1.807) is 6.92 Å². The lowest BCUT2D eigenvalue weighted by Crippen LogP contribution is -2.09. The van der Waals surface area contributed by atoms with Crippen LogP contribution in [0.25, 0.3) is 0 Å². The summed E-state index contributed by atoms with van der Waals surface area (Å²) in [6.07, 6.45) is 45.6. The second-order valence-electron chi connectivity index (χ2n) is 2.29. The molecule has 0 aromatic heterocycles. The van der Waals surface area contributed by atoms with Crippen LogP contribution in [0.1, 0.15) is 335 Å². The molecule has 0 amide bonds. The lowest BCUT2D eigenvalue weighted by Gasteiger charge is -1.84. The summed E-state index contributed by atoms with van der Waals surface area (Å²) in [6, 6.07) is 0. The Bertz CT molecular complexity index is 873. The highest BCUT2D eigenvalue weighted by Gasteiger charge is 2.04. The first-order valence-corrected chi connectivity index (χ1v) is 14.3. The van der Waals surface area contributed by atoms with Crippen LogP contribution in [0.15, 0.2) is 0 Å². The molecule has 0 radical (unpaired) electrons. The molecule has 37 nitrogen and oxygen atoms in total. The fraction of sp³-hybridized carbons (Fsp3) is 0.688. The lowest BCUT2D eigenvalue weighted by atomic mass is 10.7. The third kappa shape index (κ3) is 1400000. The third-order valence-electron chi connectivity index (χ3n) is 0.305. The molecule has 0 aliphatic carbocycles. The summed E-state index contributed by atoms with van der Waals surface area (Å²) < 4.78 is 0. The molecule has 0 fully saturated rings. The van der Waals surface area contributed by atoms with Crippen LogP contribution < -0.4 is 0 Å². The number of aliphatic carboxylic acids is 3. The van der Waals surface area contributed by atoms with E-state index in [0.29, 0.717) is 0 Å². The molecule has 0 aromatic rings. The first-order valence-electron chi connectivity index (χ1n) is 14.3. The maximum atomic E-state index is 9.10. The number of carboxylic acids is 3. The van der Waals surface area contributed by atoms with Crippen LogP contribution in [0.3, 0.4) is 0 Å². The van der Waals surface area contributed by atoms with Crippen LogP contribution in [0.5, 0.6) is 0 Å². The molecule has 0 aliphatic heterocycles. The van der Waals surface area contributed by atoms with Crippen molar-refractivity contribution in [3.8, 4) is 76.6 Å². The van der Waals surface area contributed by atoms with Gasteiger partial charge in [-0.1, -0.05) is 306 Å². The fourth-order valence-electron chi connectivity index (χ4n) is 0.0248. The minimum atomic E-state index is -1.82. The van der Waals surface area contributed by atoms with E-state index in [1.165, 1.54) is 0 Å². The largest absolute Gasteiger partial charge is 0.483 e. The molecule has 0 rings (SSSR count). The van der Waals surface area contributed by atoms with Gasteiger partial charge in [-0.15, -0.1) is 76.6 Å². The number of terminal acetylenes is 6. The summed E-state index contributed by atoms with van der Waals surface area (Å²) in [4.78, 5) is 129. The maximum Gasteiger partial charge on any atom is 0.414 e. The Morgan fingerprint density at radius 1 is 0.297 bits per heavy atom. The van der Waals surface area contributed by atoms with Gasteiger partial charge in [0.15, 0.2) is 0 Å². The Kier molecular flexibility index (Phi) is 36000. The van der Waals surface area contributed by atoms with Gasteiger partial charge in [-0.05, 0) is 37.2 Å². The van der Waals surface area contributed by atoms with Crippen molar-refractivity contribution in [3.05, 3.63) is 19.9 Å². The third-order valence-corrected chi connectivity index (χ3v) is 0.305. The monoisotopic (exact) mass is 1580 g/mol. The van der Waals surface area contributed by atoms with Crippen molar-refractivity contribution in [1.82, 2.24) is 0 Å². The zero-order chi connectivity index (χ0) is 59.2. The van der Waals surface area contributed by atoms with Crippen LogP contribution in [0, 0.1) is 96.4 Å². The van der Waals surface area contributed by atoms with Crippen molar-refractivity contribution in [2.75, 3.05) is 0 Å². The van der Waals surface area contributed by atoms with Gasteiger partial charge in [-0.3, -0.25) is 9.59 Å². The molecular weight excluding hydrogens is 1360 g/mol. The average molecular weight is 1580 g/mol. The minimum absolute atomic E-state index is 0. The highest BCUT2D eigenvalue weighted by molar-refractivity contribution is 6.27. The summed E-state index contributed by atoms with van der Waals surface area (Å²) in [5.41, 5.74) is 0. The van der Waals surface area contributed by atoms with E-state index in [4.69, 9.17) is 119 Å². The molecule has 0 aliphatic rings. The molecule has 22 N–H and O–H groups in total. The fourth-order valence-corrected chi connectivity index (χ4v) is 0.0248. The van der Waals surface area contributed by atoms with Gasteiger partial charge in [0, 0.05) is 42.5 Å². The normalized spacial score (nSPS) is 2.56. The van der Waals surface area contributed by atoms with E-state index in [2.05, 4.69) is 107 Å². The summed E-state index contributed by atoms with van der Waals surface area (Å²) in [5.74, 6) is -2.23. The van der Waals surface area contributed by atoms with E-state index in [0.717, 1.165) is 6.92 Å². The van der Waals surface area contributed by atoms with Gasteiger partial charge in [0.2, 0.25) is 0 Å². The SMILES string of the molecule is C.C.C.C.C.C.C.C.C.C.C.C.C.C.C.C.C.C.C.C.C.C.C.C.C.C.C.C.C.C.C#C.C#C.C#C.C#C.C#C.C#CC.CC.CC.CC.CC.CC.CC.CC(=O)O.O.O.O.O.O.O.O.O=C(O)C(=O)O.O=C=O.O=C=O.O=C=O.O=C=O.O=CO.O=O.O=O.OOOO.OOOOOO.[HH].[HH].[HH].[HH].[HH].[HH].[HH].[HH].[HH].[HH].[HH]. The Morgan fingerprint density at radius 2 is 0.337 bits per heavy atom. The topological polar surface area (TPSA) is 711 Å². The molecular formula is C64H218O37. The van der Waals surface area contributed by atoms with E-state index < -0.39 is 17.9 Å². The molecule has 0 saturated carbocycles. The zero-order valence-corrected chi connectivity index (χ0v) is 41.0. The van der Waals surface area contributed by atoms with Crippen molar-refractivity contribution in [3.63, 3.8) is 0 Å². The van der Waals surface area contributed by atoms with Gasteiger partial charge >= 0.3 is 36.5 Å². The Hall–Kier alpha value is -8.72. The van der Waals surface area contributed by atoms with E-state index >= 15 is 0 Å². The number of carbonyl (C=O) groups excluding carboxylic acids is 8. The predicted molar refractivity (Wildman–Crippen MR) is 470 cm³/mol. The van der Waals surface area contributed by atoms with E-state index in [1.807, 2.05) is 83.1 Å². The standard InChI is InChI=1S/C3H4.C2H2O4.C2H4O2.6C2H6.5C2H2.CH2O2.4CO2.30CH4.H2O6.H2O4.2O2.7H2O.11H2/c1-3-2;3-1(4)2(5)6;1-2(3)4;11*1-2;5*2-1-3;;;;;;;;;;;;;;;;;;;;;;;;;;;;;;;1-3-5-6-4-2;1-3-4-2;2*1-2;;;;;;;;;;;;;;;;;;/h1H,2H3;(H,3,4)(H,5,6);1H3,(H,3,4);6*1-2H3;5*1-2H;1H,(H,2,3);;;;;30*1H4;1-2H;1-2H;;;7*1H2;11*1H. The van der Waals surface area contributed by atoms with E-state index in [9.17, 15) is 0 Å². The molecule has 0 aromatic carbocycles. The number of carbonyl (C=O) groups is 4. The Labute approximate surface area is 647 Å². The summed E-state index contributed by atoms with van der Waals surface area (Å²) >= 11 is 0. The van der Waals surface area contributed by atoms with Crippen molar-refractivity contribution >= 4 is 49.0 Å². The molecule has 696 valence electrons. The molecule has 0 bridgehead atoms. The summed E-state index contributed by atoms with van der Waals surface area (Å²) in [6.45, 7) is 26.5. The molecule has 0 saturated heterocycles. The summed E-state index contributed by atoms with van der Waals surface area (Å²) in [5, 5.41) is 74.1. The van der Waals surface area contributed by atoms with Gasteiger partial charge < -0.3 is 58.8 Å². The molecule has 0 heterocycles. The van der Waals surface area contributed by atoms with Crippen LogP contribution in [0.2, 0.25) is 0 Å². The smallest absolute Gasteiger partial charge is 0.414 e. The summed E-state index contributed by atoms with van der Waals surface area (Å²) in [7, 11) is 0. The van der Waals surface area contributed by atoms with Crippen LogP contribution >= 0.6 is 0 Å². The van der Waals surface area contributed by atoms with Gasteiger partial charge in [-0.2, -0.15) is 38.4 Å². The minimum Gasteiger partial charge on any atom is -0.483 e. The average Bonchev–Trinajstić information content (AvgIpc) is 3.36. The Morgan fingerprint density at radius 3 is 0.347 bits per heavy atom. The lowest BCUT2D eigenvalue weighted by molar-refractivity contribution is -0.749. The van der Waals surface area contributed by atoms with Crippen LogP contribution in [0.4, 0.5) is 0 Å². The first-order chi connectivity index (χ1) is 30.7. The first kappa shape index (κ1) is 738. The van der Waals surface area contributed by atoms with Crippen molar-refractivity contribution in [1.29, 1.82) is 0 Å². The van der Waals surface area contributed by atoms with Crippen molar-refractivity contribution in [2.24, 2.45) is 0 Å². The molecule has 0 spiro atoms. The molecule has 101 heavy (non-hydrogen) atoms. The number of carboxylic acid groups (broad SMARTS) is 4. The number of hydrogen-bond acceptors (Lipinski definition) is 26. The van der Waals surface area contributed by atoms with Gasteiger partial charge in [0.25, 0.3) is 12.4 Å². The molecule has 0 atom stereocenters. The second-order valence-corrected chi connectivity index (χ2v) is 2.29. The van der Waals surface area contributed by atoms with Crippen molar-refractivity contribution in [2.45, 2.75) is 320 Å². The van der Waals surface area contributed by atoms with Gasteiger partial charge in [0.1, 0.15) is 0 Å². The van der Waals surface area contributed by atoms with Crippen LogP contribution in [-0.4, -0.2) is 129 Å². The van der Waals surface area contributed by atoms with E-state index in [-0.39, 0.29) is 308 Å². The van der Waals surface area contributed by atoms with Crippen LogP contribution in [-0.2, 0) is 87.8 Å². The van der Waals surface area contributed by atoms with Crippen molar-refractivity contribution < 1.29 is 183 Å². The Balaban J connectivity index is -0.00000000225. The molecule has 0 unspecified atom stereocenters. The second kappa shape index (κ2) is 4930. The van der Waals surface area contributed by atoms with Gasteiger partial charge in [-0.25, -0.2) is 30.6 Å². The highest BCUT2D eigenvalue weighted by Crippen LogP contribution is 1.72. The number of hydrogen-bond donors (Lipinski definition) is 8. The van der Waals surface area contributed by atoms with Gasteiger partial charge in [0.05, 0.1) is 0 Å². The molecule has 37 heteroatoms. The number of rotatable bonds is 4. The maximum absolute atomic E-state index is 9.10. The zero-order valence-electron chi connectivity index (χ0n) is 41.0. The predicted octanol–water partition coefficient (Wildman–Crippen LogP) is 20.4. The quantitative estimate of drug-likeness (QED) is 0.0324. The highest BCUT2D eigenvalue weighted by atomic mass is 17.8.